The number of hydrogen-bond acceptors (Lipinski definition) is 1. The van der Waals surface area contributed by atoms with Gasteiger partial charge in [-0.25, -0.2) is 0 Å². The minimum Gasteiger partial charge on any atom is -0.192 e. The highest BCUT2D eigenvalue weighted by atomic mass is 35.5. The van der Waals surface area contributed by atoms with E-state index in [4.69, 9.17) is 23.2 Å². The van der Waals surface area contributed by atoms with Crippen LogP contribution < -0.4 is 0 Å². The van der Waals surface area contributed by atoms with E-state index in [2.05, 4.69) is 4.99 Å². The van der Waals surface area contributed by atoms with E-state index in [0.717, 1.165) is 0 Å². The van der Waals surface area contributed by atoms with E-state index in [1.807, 2.05) is 0 Å². The van der Waals surface area contributed by atoms with Crippen LogP contribution in [0.1, 0.15) is 6.42 Å². The second-order valence-electron chi connectivity index (χ2n) is 2.07. The van der Waals surface area contributed by atoms with E-state index in [1.165, 1.54) is 0 Å². The van der Waals surface area contributed by atoms with Crippen LogP contribution in [0.15, 0.2) is 20.8 Å². The number of halogens is 5. The Morgan fingerprint density at radius 3 is 2.33 bits per heavy atom. The van der Waals surface area contributed by atoms with Gasteiger partial charge in [-0.1, -0.05) is 23.2 Å². The predicted molar refractivity (Wildman–Crippen MR) is 40.4 cm³/mol. The van der Waals surface area contributed by atoms with Crippen molar-refractivity contribution in [3.8, 4) is 0 Å². The molecule has 6 heteroatoms. The molecule has 1 heterocycles. The molecule has 0 atom stereocenters. The Morgan fingerprint density at radius 2 is 1.92 bits per heavy atom. The quantitative estimate of drug-likeness (QED) is 0.551. The van der Waals surface area contributed by atoms with Gasteiger partial charge in [0.05, 0.1) is 10.6 Å². The minimum atomic E-state index is -4.43. The van der Waals surface area contributed by atoms with E-state index >= 15 is 0 Å². The molecular weight excluding hydrogens is 214 g/mol. The summed E-state index contributed by atoms with van der Waals surface area (Å²) < 4.78 is 35.9. The maximum atomic E-state index is 12.0. The largest absolute Gasteiger partial charge is 0.421 e. The Morgan fingerprint density at radius 1 is 1.33 bits per heavy atom. The fourth-order valence-electron chi connectivity index (χ4n) is 0.608. The summed E-state index contributed by atoms with van der Waals surface area (Å²) in [5, 5.41) is -0.243. The van der Waals surface area contributed by atoms with Gasteiger partial charge in [0.2, 0.25) is 0 Å². The third-order valence-electron chi connectivity index (χ3n) is 1.19. The van der Waals surface area contributed by atoms with Crippen LogP contribution in [0.3, 0.4) is 0 Å². The lowest BCUT2D eigenvalue weighted by Gasteiger charge is -2.10. The molecule has 0 bridgehead atoms. The van der Waals surface area contributed by atoms with Crippen LogP contribution in [0, 0.1) is 0 Å². The summed E-state index contributed by atoms with van der Waals surface area (Å²) in [4.78, 5) is 3.16. The number of allylic oxidation sites excluding steroid dienone is 2. The summed E-state index contributed by atoms with van der Waals surface area (Å²) >= 11 is 10.7. The standard InChI is InChI=1S/C6H2Cl2F3N/c7-4-1-3(6(9,10)11)2-12-5(4)8/h1H2. The first-order valence-corrected chi connectivity index (χ1v) is 3.61. The average molecular weight is 216 g/mol. The normalized spacial score (nSPS) is 18.2. The molecule has 0 aromatic carbocycles. The van der Waals surface area contributed by atoms with E-state index < -0.39 is 18.2 Å². The first-order valence-electron chi connectivity index (χ1n) is 2.85. The van der Waals surface area contributed by atoms with Gasteiger partial charge < -0.3 is 0 Å². The maximum Gasteiger partial charge on any atom is 0.421 e. The average Bonchev–Trinajstić information content (AvgIpc) is 1.92. The van der Waals surface area contributed by atoms with E-state index in [0.29, 0.717) is 0 Å². The summed E-state index contributed by atoms with van der Waals surface area (Å²) in [5.74, 6) is 1.78. The highest BCUT2D eigenvalue weighted by Crippen LogP contribution is 2.33. The van der Waals surface area contributed by atoms with Crippen LogP contribution in [0.4, 0.5) is 13.2 Å². The lowest BCUT2D eigenvalue weighted by molar-refractivity contribution is -0.0914. The number of hydrogen-bond donors (Lipinski definition) is 0. The van der Waals surface area contributed by atoms with Gasteiger partial charge in [-0.05, 0) is 5.87 Å². The van der Waals surface area contributed by atoms with Gasteiger partial charge >= 0.3 is 6.18 Å². The summed E-state index contributed by atoms with van der Waals surface area (Å²) in [5.41, 5.74) is -0.906. The van der Waals surface area contributed by atoms with Crippen molar-refractivity contribution in [2.24, 2.45) is 4.99 Å². The Bertz CT molecular complexity index is 296. The third-order valence-corrected chi connectivity index (χ3v) is 1.91. The van der Waals surface area contributed by atoms with Crippen LogP contribution in [-0.4, -0.2) is 12.0 Å². The zero-order valence-electron chi connectivity index (χ0n) is 5.54. The Hall–Kier alpha value is -0.440. The number of aliphatic imine (C=N–C) groups is 1. The van der Waals surface area contributed by atoms with Crippen molar-refractivity contribution < 1.29 is 13.2 Å². The highest BCUT2D eigenvalue weighted by molar-refractivity contribution is 6.39. The van der Waals surface area contributed by atoms with Crippen LogP contribution in [0.2, 0.25) is 0 Å². The lowest BCUT2D eigenvalue weighted by Crippen LogP contribution is -2.14. The molecule has 66 valence electrons. The maximum absolute atomic E-state index is 12.0. The molecule has 0 unspecified atom stereocenters. The molecule has 1 aliphatic rings. The van der Waals surface area contributed by atoms with Gasteiger partial charge in [0.1, 0.15) is 0 Å². The predicted octanol–water partition coefficient (Wildman–Crippen LogP) is 3.20. The zero-order valence-corrected chi connectivity index (χ0v) is 7.06. The molecule has 1 rings (SSSR count). The minimum absolute atomic E-state index is 0.109. The van der Waals surface area contributed by atoms with Crippen LogP contribution >= 0.6 is 23.2 Å². The molecule has 0 aromatic rings. The number of nitrogens with zero attached hydrogens (tertiary/aromatic N) is 1. The van der Waals surface area contributed by atoms with E-state index in [1.54, 1.807) is 5.87 Å². The van der Waals surface area contributed by atoms with Gasteiger partial charge in [-0.3, -0.25) is 0 Å². The number of alkyl halides is 3. The second kappa shape index (κ2) is 3.13. The van der Waals surface area contributed by atoms with Crippen molar-refractivity contribution in [2.75, 3.05) is 0 Å². The van der Waals surface area contributed by atoms with Gasteiger partial charge in [-0.2, -0.15) is 18.2 Å². The molecular formula is C6H2Cl2F3N. The molecule has 0 aliphatic carbocycles. The fraction of sp³-hybridized carbons (Fsp3) is 0.333. The molecule has 0 saturated heterocycles. The Kier molecular flexibility index (Phi) is 2.52. The van der Waals surface area contributed by atoms with Gasteiger partial charge in [0.15, 0.2) is 5.16 Å². The first-order chi connectivity index (χ1) is 5.41. The summed E-state index contributed by atoms with van der Waals surface area (Å²) in [6, 6.07) is 0. The summed E-state index contributed by atoms with van der Waals surface area (Å²) in [6.07, 6.45) is -4.88. The topological polar surface area (TPSA) is 12.4 Å². The van der Waals surface area contributed by atoms with Crippen molar-refractivity contribution in [1.82, 2.24) is 0 Å². The Balaban J connectivity index is 2.98. The second-order valence-corrected chi connectivity index (χ2v) is 2.89. The van der Waals surface area contributed by atoms with Gasteiger partial charge in [-0.15, -0.1) is 0 Å². The molecule has 0 N–H and O–H groups in total. The molecule has 0 spiro atoms. The van der Waals surface area contributed by atoms with E-state index in [-0.39, 0.29) is 10.2 Å². The number of rotatable bonds is 0. The fourth-order valence-corrected chi connectivity index (χ4v) is 0.893. The zero-order chi connectivity index (χ0) is 9.35. The molecule has 0 saturated carbocycles. The lowest BCUT2D eigenvalue weighted by atomic mass is 10.2. The molecule has 1 nitrogen and oxygen atoms in total. The SMILES string of the molecule is FC(F)(F)C1=C=NC(Cl)=C(Cl)C1. The summed E-state index contributed by atoms with van der Waals surface area (Å²) in [6.45, 7) is 0. The van der Waals surface area contributed by atoms with Crippen molar-refractivity contribution in [3.63, 3.8) is 0 Å². The highest BCUT2D eigenvalue weighted by Gasteiger charge is 2.35. The van der Waals surface area contributed by atoms with Crippen molar-refractivity contribution >= 4 is 29.1 Å². The van der Waals surface area contributed by atoms with Gasteiger partial charge in [0.25, 0.3) is 0 Å². The first kappa shape index (κ1) is 9.65. The molecule has 0 fully saturated rings. The molecule has 0 amide bonds. The Labute approximate surface area is 76.2 Å². The molecule has 0 aromatic heterocycles. The van der Waals surface area contributed by atoms with Crippen LogP contribution in [0.5, 0.6) is 0 Å². The summed E-state index contributed by atoms with van der Waals surface area (Å²) in [7, 11) is 0. The van der Waals surface area contributed by atoms with Crippen molar-refractivity contribution in [2.45, 2.75) is 12.6 Å². The third kappa shape index (κ3) is 2.03. The molecule has 0 radical (unpaired) electrons. The van der Waals surface area contributed by atoms with Gasteiger partial charge in [0, 0.05) is 6.42 Å². The van der Waals surface area contributed by atoms with E-state index in [9.17, 15) is 13.2 Å². The molecule has 1 aliphatic heterocycles. The van der Waals surface area contributed by atoms with Crippen LogP contribution in [-0.2, 0) is 0 Å². The van der Waals surface area contributed by atoms with Crippen LogP contribution in [0.25, 0.3) is 0 Å². The van der Waals surface area contributed by atoms with Crippen molar-refractivity contribution in [3.05, 3.63) is 15.8 Å². The monoisotopic (exact) mass is 215 g/mol. The molecule has 12 heavy (non-hydrogen) atoms. The smallest absolute Gasteiger partial charge is 0.192 e. The van der Waals surface area contributed by atoms with Crippen molar-refractivity contribution in [1.29, 1.82) is 0 Å².